The maximum absolute atomic E-state index is 13.8. The van der Waals surface area contributed by atoms with Crippen molar-refractivity contribution in [1.82, 2.24) is 9.62 Å². The highest BCUT2D eigenvalue weighted by molar-refractivity contribution is 7.89. The second kappa shape index (κ2) is 19.1. The van der Waals surface area contributed by atoms with E-state index >= 15 is 0 Å². The molecule has 2 N–H and O–H groups in total. The third-order valence-electron chi connectivity index (χ3n) is 8.25. The quantitative estimate of drug-likeness (QED) is 0.111. The third-order valence-corrected chi connectivity index (χ3v) is 11.8. The predicted molar refractivity (Wildman–Crippen MR) is 188 cm³/mol. The standard InChI is InChI=1S/C34H50N3O12PS/c1-6-47-50(40,48-7-2)23-46-35-19-26-10-8-25(9-11-26)18-30(36-34(39)49-32-22-45-33-29(32)16-17-44-33)31(38)21-37(20-24(3)4)51(41,42)28-14-12-27(43-5)13-15-28/h8-15,19,24,29-33,38H,6-7,16-18,20-23H2,1-5H3,(H,36,39)/t29-,30-,31+,32-,33+/m0/s1. The summed E-state index contributed by atoms with van der Waals surface area (Å²) in [5.74, 6) is 0.363. The van der Waals surface area contributed by atoms with Crippen LogP contribution in [-0.4, -0.2) is 108 Å². The summed E-state index contributed by atoms with van der Waals surface area (Å²) in [6, 6.07) is 12.2. The molecule has 0 bridgehead atoms. The molecule has 0 spiro atoms. The number of rotatable bonds is 20. The summed E-state index contributed by atoms with van der Waals surface area (Å²) in [7, 11) is -5.95. The van der Waals surface area contributed by atoms with E-state index in [9.17, 15) is 22.9 Å². The summed E-state index contributed by atoms with van der Waals surface area (Å²) < 4.78 is 73.8. The van der Waals surface area contributed by atoms with Crippen molar-refractivity contribution >= 4 is 29.9 Å². The number of alkyl carbamates (subject to hydrolysis) is 1. The Labute approximate surface area is 300 Å². The van der Waals surface area contributed by atoms with Crippen molar-refractivity contribution in [3.05, 3.63) is 59.7 Å². The number of benzene rings is 2. The SMILES string of the molecule is CCOP(=O)(CON=Cc1ccc(C[C@H](NC(=O)O[C@H]2CO[C@H]3OCC[C@H]32)[C@H](O)CN(CC(C)C)S(=O)(=O)c2ccc(OC)cc2)cc1)OCC. The van der Waals surface area contributed by atoms with E-state index in [1.54, 1.807) is 50.2 Å². The molecule has 2 aliphatic rings. The van der Waals surface area contributed by atoms with Gasteiger partial charge in [0.15, 0.2) is 6.29 Å². The topological polar surface area (TPSA) is 181 Å². The summed E-state index contributed by atoms with van der Waals surface area (Å²) in [6.45, 7) is 8.12. The minimum absolute atomic E-state index is 0.0504. The molecule has 0 saturated carbocycles. The van der Waals surface area contributed by atoms with Crippen molar-refractivity contribution in [2.75, 3.05) is 53.0 Å². The molecule has 2 heterocycles. The number of sulfonamides is 1. The van der Waals surface area contributed by atoms with E-state index in [-0.39, 0.29) is 62.4 Å². The number of carbonyl (C=O) groups excluding carboxylic acids is 1. The largest absolute Gasteiger partial charge is 0.497 e. The number of aliphatic hydroxyl groups excluding tert-OH is 1. The lowest BCUT2D eigenvalue weighted by atomic mass is 10.00. The van der Waals surface area contributed by atoms with Crippen molar-refractivity contribution in [3.63, 3.8) is 0 Å². The van der Waals surface area contributed by atoms with E-state index in [0.717, 1.165) is 5.56 Å². The molecule has 4 rings (SSSR count). The van der Waals surface area contributed by atoms with Crippen LogP contribution in [0.15, 0.2) is 58.6 Å². The Bertz CT molecular complexity index is 1570. The van der Waals surface area contributed by atoms with Crippen molar-refractivity contribution in [2.24, 2.45) is 17.0 Å². The first kappa shape index (κ1) is 40.7. The lowest BCUT2D eigenvalue weighted by Crippen LogP contribution is -2.51. The Balaban J connectivity index is 1.49. The van der Waals surface area contributed by atoms with E-state index in [1.165, 1.54) is 29.8 Å². The number of methoxy groups -OCH3 is 1. The zero-order chi connectivity index (χ0) is 37.0. The molecule has 2 fully saturated rings. The van der Waals surface area contributed by atoms with Gasteiger partial charge < -0.3 is 43.3 Å². The van der Waals surface area contributed by atoms with E-state index in [2.05, 4.69) is 10.5 Å². The number of nitrogens with one attached hydrogen (secondary N) is 1. The van der Waals surface area contributed by atoms with Crippen LogP contribution in [0.5, 0.6) is 5.75 Å². The summed E-state index contributed by atoms with van der Waals surface area (Å²) in [4.78, 5) is 18.5. The summed E-state index contributed by atoms with van der Waals surface area (Å²) in [5, 5.41) is 18.3. The van der Waals surface area contributed by atoms with Gasteiger partial charge in [-0.3, -0.25) is 4.57 Å². The van der Waals surface area contributed by atoms with Gasteiger partial charge in [0.2, 0.25) is 16.4 Å². The van der Waals surface area contributed by atoms with Gasteiger partial charge >= 0.3 is 13.7 Å². The number of fused-ring (bicyclic) bond motifs is 1. The third kappa shape index (κ3) is 11.7. The second-order valence-electron chi connectivity index (χ2n) is 12.6. The van der Waals surface area contributed by atoms with Crippen LogP contribution in [0.25, 0.3) is 0 Å². The van der Waals surface area contributed by atoms with Crippen LogP contribution in [0.2, 0.25) is 0 Å². The molecule has 284 valence electrons. The highest BCUT2D eigenvalue weighted by Crippen LogP contribution is 2.47. The molecule has 2 aromatic carbocycles. The van der Waals surface area contributed by atoms with Gasteiger partial charge in [-0.2, -0.15) is 4.31 Å². The summed E-state index contributed by atoms with van der Waals surface area (Å²) in [6.07, 6.45) is -1.08. The van der Waals surface area contributed by atoms with E-state index in [4.69, 9.17) is 32.8 Å². The van der Waals surface area contributed by atoms with Gasteiger partial charge in [-0.25, -0.2) is 13.2 Å². The first-order valence-electron chi connectivity index (χ1n) is 17.0. The minimum Gasteiger partial charge on any atom is -0.497 e. The molecular weight excluding hydrogens is 705 g/mol. The van der Waals surface area contributed by atoms with Gasteiger partial charge in [0.1, 0.15) is 11.9 Å². The summed E-state index contributed by atoms with van der Waals surface area (Å²) >= 11 is 0. The Kier molecular flexibility index (Phi) is 15.3. The van der Waals surface area contributed by atoms with Crippen molar-refractivity contribution in [3.8, 4) is 5.75 Å². The molecule has 51 heavy (non-hydrogen) atoms. The fourth-order valence-electron chi connectivity index (χ4n) is 5.77. The van der Waals surface area contributed by atoms with Crippen LogP contribution >= 0.6 is 7.60 Å². The first-order chi connectivity index (χ1) is 24.4. The predicted octanol–water partition coefficient (Wildman–Crippen LogP) is 4.38. The average molecular weight is 756 g/mol. The van der Waals surface area contributed by atoms with Gasteiger partial charge in [-0.05, 0) is 68.0 Å². The van der Waals surface area contributed by atoms with Gasteiger partial charge in [0, 0.05) is 13.1 Å². The lowest BCUT2D eigenvalue weighted by Gasteiger charge is -2.31. The van der Waals surface area contributed by atoms with E-state index in [1.807, 2.05) is 13.8 Å². The molecular formula is C34H50N3O12PS. The van der Waals surface area contributed by atoms with E-state index in [0.29, 0.717) is 24.3 Å². The molecule has 0 aliphatic carbocycles. The maximum atomic E-state index is 13.8. The Morgan fingerprint density at radius 1 is 1.08 bits per heavy atom. The fraction of sp³-hybridized carbons (Fsp3) is 0.588. The molecule has 2 aliphatic heterocycles. The molecule has 2 saturated heterocycles. The lowest BCUT2D eigenvalue weighted by molar-refractivity contribution is -0.0907. The zero-order valence-electron chi connectivity index (χ0n) is 29.7. The average Bonchev–Trinajstić information content (AvgIpc) is 3.72. The van der Waals surface area contributed by atoms with Crippen molar-refractivity contribution in [1.29, 1.82) is 0 Å². The number of oxime groups is 1. The van der Waals surface area contributed by atoms with Crippen molar-refractivity contribution in [2.45, 2.75) is 70.0 Å². The molecule has 1 amide bonds. The Morgan fingerprint density at radius 2 is 1.76 bits per heavy atom. The zero-order valence-corrected chi connectivity index (χ0v) is 31.4. The van der Waals surface area contributed by atoms with Gasteiger partial charge in [0.25, 0.3) is 0 Å². The van der Waals surface area contributed by atoms with Crippen LogP contribution in [-0.2, 0) is 49.1 Å². The van der Waals surface area contributed by atoms with Crippen molar-refractivity contribution < 1.29 is 55.7 Å². The highest BCUT2D eigenvalue weighted by Gasteiger charge is 2.44. The van der Waals surface area contributed by atoms with Crippen LogP contribution in [0.1, 0.15) is 45.2 Å². The number of hydrogen-bond donors (Lipinski definition) is 2. The van der Waals surface area contributed by atoms with Crippen LogP contribution < -0.4 is 10.1 Å². The van der Waals surface area contributed by atoms with Crippen LogP contribution in [0, 0.1) is 11.8 Å². The fourth-order valence-corrected chi connectivity index (χ4v) is 8.61. The smallest absolute Gasteiger partial charge is 0.407 e. The summed E-state index contributed by atoms with van der Waals surface area (Å²) in [5.41, 5.74) is 1.39. The molecule has 17 heteroatoms. The van der Waals surface area contributed by atoms with Gasteiger partial charge in [-0.15, -0.1) is 0 Å². The number of carbonyl (C=O) groups is 1. The number of ether oxygens (including phenoxy) is 4. The minimum atomic E-state index is -4.03. The molecule has 0 unspecified atom stereocenters. The molecule has 2 aromatic rings. The van der Waals surface area contributed by atoms with Crippen LogP contribution in [0.4, 0.5) is 4.79 Å². The second-order valence-corrected chi connectivity index (χ2v) is 16.5. The maximum Gasteiger partial charge on any atom is 0.407 e. The molecule has 0 radical (unpaired) electrons. The number of amides is 1. The first-order valence-corrected chi connectivity index (χ1v) is 20.2. The number of aliphatic hydroxyl groups is 1. The highest BCUT2D eigenvalue weighted by atomic mass is 32.2. The van der Waals surface area contributed by atoms with Gasteiger partial charge in [-0.1, -0.05) is 43.3 Å². The molecule has 5 atom stereocenters. The molecule has 15 nitrogen and oxygen atoms in total. The Hall–Kier alpha value is -3.08. The van der Waals surface area contributed by atoms with E-state index < -0.39 is 48.3 Å². The number of nitrogens with zero attached hydrogens (tertiary/aromatic N) is 2. The van der Waals surface area contributed by atoms with Gasteiger partial charge in [0.05, 0.1) is 62.7 Å². The Morgan fingerprint density at radius 3 is 2.39 bits per heavy atom. The monoisotopic (exact) mass is 755 g/mol. The normalized spacial score (nSPS) is 20.4. The van der Waals surface area contributed by atoms with Crippen LogP contribution in [0.3, 0.4) is 0 Å². The molecule has 0 aromatic heterocycles. The number of hydrogen-bond acceptors (Lipinski definition) is 13.